The van der Waals surface area contributed by atoms with Crippen LogP contribution >= 0.6 is 0 Å². The van der Waals surface area contributed by atoms with Crippen LogP contribution in [0.3, 0.4) is 0 Å². The molecule has 0 spiro atoms. The van der Waals surface area contributed by atoms with E-state index in [0.29, 0.717) is 11.5 Å². The molecule has 1 unspecified atom stereocenters. The van der Waals surface area contributed by atoms with Crippen molar-refractivity contribution in [1.82, 2.24) is 0 Å². The van der Waals surface area contributed by atoms with E-state index in [1.54, 1.807) is 48.5 Å². The van der Waals surface area contributed by atoms with E-state index < -0.39 is 11.7 Å². The maximum Gasteiger partial charge on any atom is 0.371 e. The lowest BCUT2D eigenvalue weighted by Crippen LogP contribution is -2.52. The zero-order chi connectivity index (χ0) is 28.4. The molecular formula is C33H35NO5. The Labute approximate surface area is 229 Å². The highest BCUT2D eigenvalue weighted by molar-refractivity contribution is 5.81. The van der Waals surface area contributed by atoms with Crippen LogP contribution in [-0.2, 0) is 15.6 Å². The predicted octanol–water partition coefficient (Wildman–Crippen LogP) is 6.41. The van der Waals surface area contributed by atoms with Crippen molar-refractivity contribution in [3.05, 3.63) is 119 Å². The number of ether oxygens (including phenoxy) is 2. The highest BCUT2D eigenvalue weighted by Gasteiger charge is 2.34. The highest BCUT2D eigenvalue weighted by Crippen LogP contribution is 2.35. The quantitative estimate of drug-likeness (QED) is 0.140. The van der Waals surface area contributed by atoms with E-state index in [1.807, 2.05) is 48.5 Å². The van der Waals surface area contributed by atoms with E-state index >= 15 is 0 Å². The van der Waals surface area contributed by atoms with Crippen molar-refractivity contribution in [2.45, 2.75) is 51.2 Å². The average Bonchev–Trinajstić information content (AvgIpc) is 2.89. The highest BCUT2D eigenvalue weighted by atomic mass is 16.6. The molecule has 0 bridgehead atoms. The van der Waals surface area contributed by atoms with Crippen molar-refractivity contribution in [3.8, 4) is 23.0 Å². The van der Waals surface area contributed by atoms with Crippen LogP contribution in [0.1, 0.15) is 56.9 Å². The zero-order valence-corrected chi connectivity index (χ0v) is 22.9. The second kappa shape index (κ2) is 10.5. The van der Waals surface area contributed by atoms with Gasteiger partial charge >= 0.3 is 5.97 Å². The standard InChI is InChI=1S/C33H35NO5/c1-31(2,22-6-14-26(35)15-7-22)24-10-18-28(19-11-24)38-30(37)33(5,34)39-29-20-12-25(13-21-29)32(3,4)23-8-16-27(36)17-9-23/h6-21,35-36H,34H2,1-5H3. The third-order valence-electron chi connectivity index (χ3n) is 7.28. The summed E-state index contributed by atoms with van der Waals surface area (Å²) in [6.45, 7) is 9.82. The van der Waals surface area contributed by atoms with Gasteiger partial charge in [-0.05, 0) is 70.8 Å². The number of rotatable bonds is 8. The number of aromatic hydroxyl groups is 2. The summed E-state index contributed by atoms with van der Waals surface area (Å²) in [7, 11) is 0. The van der Waals surface area contributed by atoms with Crippen molar-refractivity contribution in [1.29, 1.82) is 0 Å². The molecule has 0 radical (unpaired) electrons. The molecule has 4 aromatic rings. The summed E-state index contributed by atoms with van der Waals surface area (Å²) in [5, 5.41) is 19.2. The molecule has 0 aromatic heterocycles. The van der Waals surface area contributed by atoms with Crippen LogP contribution in [0.2, 0.25) is 0 Å². The Kier molecular flexibility index (Phi) is 7.44. The maximum atomic E-state index is 12.9. The number of carbonyl (C=O) groups is 1. The van der Waals surface area contributed by atoms with E-state index in [2.05, 4.69) is 27.7 Å². The van der Waals surface area contributed by atoms with Gasteiger partial charge in [0.2, 0.25) is 0 Å². The molecule has 1 atom stereocenters. The lowest BCUT2D eigenvalue weighted by atomic mass is 9.78. The Balaban J connectivity index is 1.42. The zero-order valence-electron chi connectivity index (χ0n) is 22.9. The van der Waals surface area contributed by atoms with Crippen LogP contribution in [0.4, 0.5) is 0 Å². The molecule has 4 rings (SSSR count). The van der Waals surface area contributed by atoms with Crippen LogP contribution in [0.15, 0.2) is 97.1 Å². The molecule has 4 N–H and O–H groups in total. The minimum Gasteiger partial charge on any atom is -0.508 e. The molecule has 0 saturated heterocycles. The summed E-state index contributed by atoms with van der Waals surface area (Å²) in [5.74, 6) is 0.519. The smallest absolute Gasteiger partial charge is 0.371 e. The normalized spacial score (nSPS) is 13.4. The molecule has 0 aliphatic heterocycles. The molecule has 0 aliphatic rings. The molecule has 6 nitrogen and oxygen atoms in total. The van der Waals surface area contributed by atoms with Crippen molar-refractivity contribution in [3.63, 3.8) is 0 Å². The third-order valence-corrected chi connectivity index (χ3v) is 7.28. The molecule has 0 fully saturated rings. The number of phenolic OH excluding ortho intramolecular Hbond substituents is 2. The summed E-state index contributed by atoms with van der Waals surface area (Å²) < 4.78 is 11.4. The first kappa shape index (κ1) is 27.7. The van der Waals surface area contributed by atoms with Crippen LogP contribution in [0.25, 0.3) is 0 Å². The first-order valence-corrected chi connectivity index (χ1v) is 12.8. The first-order chi connectivity index (χ1) is 18.3. The monoisotopic (exact) mass is 525 g/mol. The van der Waals surface area contributed by atoms with E-state index in [0.717, 1.165) is 22.3 Å². The van der Waals surface area contributed by atoms with Gasteiger partial charge < -0.3 is 19.7 Å². The average molecular weight is 526 g/mol. The van der Waals surface area contributed by atoms with Gasteiger partial charge in [-0.1, -0.05) is 76.2 Å². The maximum absolute atomic E-state index is 12.9. The first-order valence-electron chi connectivity index (χ1n) is 12.8. The minimum atomic E-state index is -1.71. The Morgan fingerprint density at radius 2 is 0.872 bits per heavy atom. The molecule has 0 saturated carbocycles. The Morgan fingerprint density at radius 3 is 1.23 bits per heavy atom. The van der Waals surface area contributed by atoms with Gasteiger partial charge in [0.1, 0.15) is 23.0 Å². The summed E-state index contributed by atoms with van der Waals surface area (Å²) >= 11 is 0. The minimum absolute atomic E-state index is 0.220. The number of hydrogen-bond donors (Lipinski definition) is 3. The van der Waals surface area contributed by atoms with Crippen LogP contribution < -0.4 is 15.2 Å². The van der Waals surface area contributed by atoms with Crippen LogP contribution in [-0.4, -0.2) is 21.9 Å². The fraction of sp³-hybridized carbons (Fsp3) is 0.242. The van der Waals surface area contributed by atoms with Gasteiger partial charge in [0.05, 0.1) is 0 Å². The van der Waals surface area contributed by atoms with E-state index in [9.17, 15) is 15.0 Å². The van der Waals surface area contributed by atoms with Crippen molar-refractivity contribution < 1.29 is 24.5 Å². The fourth-order valence-electron chi connectivity index (χ4n) is 4.46. The second-order valence-corrected chi connectivity index (χ2v) is 11.0. The molecule has 202 valence electrons. The number of nitrogens with two attached hydrogens (primary N) is 1. The van der Waals surface area contributed by atoms with Crippen LogP contribution in [0, 0.1) is 0 Å². The Hall–Kier alpha value is -4.29. The van der Waals surface area contributed by atoms with Gasteiger partial charge in [-0.2, -0.15) is 0 Å². The van der Waals surface area contributed by atoms with Crippen molar-refractivity contribution in [2.24, 2.45) is 5.73 Å². The number of hydrogen-bond acceptors (Lipinski definition) is 6. The largest absolute Gasteiger partial charge is 0.508 e. The Morgan fingerprint density at radius 1 is 0.564 bits per heavy atom. The molecule has 6 heteroatoms. The molecule has 0 amide bonds. The van der Waals surface area contributed by atoms with Crippen molar-refractivity contribution in [2.75, 3.05) is 0 Å². The van der Waals surface area contributed by atoms with Gasteiger partial charge in [0.15, 0.2) is 0 Å². The summed E-state index contributed by atoms with van der Waals surface area (Å²) in [6.07, 6.45) is 0. The SMILES string of the molecule is CC(N)(Oc1ccc(C(C)(C)c2ccc(O)cc2)cc1)C(=O)Oc1ccc(C(C)(C)c2ccc(O)cc2)cc1. The summed E-state index contributed by atoms with van der Waals surface area (Å²) in [5.41, 5.74) is 8.05. The van der Waals surface area contributed by atoms with Gasteiger partial charge in [0, 0.05) is 17.8 Å². The van der Waals surface area contributed by atoms with Gasteiger partial charge in [-0.3, -0.25) is 5.73 Å². The lowest BCUT2D eigenvalue weighted by Gasteiger charge is -2.28. The van der Waals surface area contributed by atoms with E-state index in [-0.39, 0.29) is 22.3 Å². The van der Waals surface area contributed by atoms with Crippen molar-refractivity contribution >= 4 is 5.97 Å². The Bertz CT molecular complexity index is 1420. The number of carbonyl (C=O) groups excluding carboxylic acids is 1. The van der Waals surface area contributed by atoms with Gasteiger partial charge in [-0.15, -0.1) is 0 Å². The topological polar surface area (TPSA) is 102 Å². The molecular weight excluding hydrogens is 490 g/mol. The van der Waals surface area contributed by atoms with E-state index in [1.165, 1.54) is 6.92 Å². The second-order valence-electron chi connectivity index (χ2n) is 11.0. The van der Waals surface area contributed by atoms with Gasteiger partial charge in [0.25, 0.3) is 5.72 Å². The molecule has 0 aliphatic carbocycles. The molecule has 0 heterocycles. The number of phenols is 2. The van der Waals surface area contributed by atoms with Crippen LogP contribution in [0.5, 0.6) is 23.0 Å². The van der Waals surface area contributed by atoms with Gasteiger partial charge in [-0.25, -0.2) is 4.79 Å². The fourth-order valence-corrected chi connectivity index (χ4v) is 4.46. The summed E-state index contributed by atoms with van der Waals surface area (Å²) in [4.78, 5) is 12.9. The lowest BCUT2D eigenvalue weighted by molar-refractivity contribution is -0.150. The molecule has 4 aromatic carbocycles. The summed E-state index contributed by atoms with van der Waals surface area (Å²) in [6, 6.07) is 28.9. The third kappa shape index (κ3) is 6.07. The van der Waals surface area contributed by atoms with E-state index in [4.69, 9.17) is 15.2 Å². The number of benzene rings is 4. The predicted molar refractivity (Wildman–Crippen MR) is 152 cm³/mol. The molecule has 39 heavy (non-hydrogen) atoms. The number of esters is 1.